The Morgan fingerprint density at radius 1 is 1.26 bits per heavy atom. The molecule has 0 bridgehead atoms. The lowest BCUT2D eigenvalue weighted by Gasteiger charge is -2.12. The van der Waals surface area contributed by atoms with Gasteiger partial charge in [-0.1, -0.05) is 55.9 Å². The lowest BCUT2D eigenvalue weighted by molar-refractivity contribution is -0.120. The summed E-state index contributed by atoms with van der Waals surface area (Å²) in [6, 6.07) is 10.1. The first-order valence-corrected chi connectivity index (χ1v) is 8.68. The molecule has 1 aromatic heterocycles. The predicted octanol–water partition coefficient (Wildman–Crippen LogP) is 2.17. The van der Waals surface area contributed by atoms with Crippen LogP contribution in [0.15, 0.2) is 35.5 Å². The van der Waals surface area contributed by atoms with E-state index in [2.05, 4.69) is 46.8 Å². The second-order valence-electron chi connectivity index (χ2n) is 5.82. The fraction of sp³-hybridized carbons (Fsp3) is 0.500. The van der Waals surface area contributed by atoms with Crippen LogP contribution in [0, 0.1) is 5.92 Å². The molecule has 0 spiro atoms. The minimum absolute atomic E-state index is 0.00466. The minimum Gasteiger partial charge on any atom is -0.355 e. The number of hydrogen-bond donors (Lipinski definition) is 1. The van der Waals surface area contributed by atoms with Gasteiger partial charge in [-0.25, -0.2) is 4.68 Å². The van der Waals surface area contributed by atoms with Gasteiger partial charge < -0.3 is 5.32 Å². The van der Waals surface area contributed by atoms with Gasteiger partial charge in [0.25, 0.3) is 0 Å². The van der Waals surface area contributed by atoms with Crippen molar-refractivity contribution in [2.75, 3.05) is 6.54 Å². The molecule has 7 heteroatoms. The number of aromatic nitrogens is 4. The summed E-state index contributed by atoms with van der Waals surface area (Å²) in [5, 5.41) is 15.1. The number of benzene rings is 1. The van der Waals surface area contributed by atoms with Crippen LogP contribution in [-0.4, -0.2) is 37.9 Å². The van der Waals surface area contributed by atoms with Gasteiger partial charge in [-0.15, -0.1) is 5.10 Å². The normalized spacial score (nSPS) is 12.3. The van der Waals surface area contributed by atoms with Crippen molar-refractivity contribution in [3.63, 3.8) is 0 Å². The molecule has 0 saturated carbocycles. The minimum atomic E-state index is -0.234. The number of thioether (sulfide) groups is 1. The molecule has 2 rings (SSSR count). The standard InChI is InChI=1S/C16H23N5OS/c1-12(2)11-21-16(18-19-20-21)23-13(3)15(22)17-10-9-14-7-5-4-6-8-14/h4-8,12-13H,9-11H2,1-3H3,(H,17,22)/t13-/m0/s1. The van der Waals surface area contributed by atoms with Crippen molar-refractivity contribution >= 4 is 17.7 Å². The summed E-state index contributed by atoms with van der Waals surface area (Å²) in [5.41, 5.74) is 1.22. The Morgan fingerprint density at radius 2 is 2.00 bits per heavy atom. The van der Waals surface area contributed by atoms with Gasteiger partial charge in [0.2, 0.25) is 11.1 Å². The van der Waals surface area contributed by atoms with Crippen LogP contribution in [0.25, 0.3) is 0 Å². The summed E-state index contributed by atoms with van der Waals surface area (Å²) in [6.45, 7) is 7.46. The molecular weight excluding hydrogens is 310 g/mol. The SMILES string of the molecule is CC(C)Cn1nnnc1S[C@@H](C)C(=O)NCCc1ccccc1. The number of carbonyl (C=O) groups excluding carboxylic acids is 1. The van der Waals surface area contributed by atoms with Gasteiger partial charge in [-0.2, -0.15) is 0 Å². The summed E-state index contributed by atoms with van der Waals surface area (Å²) < 4.78 is 1.75. The van der Waals surface area contributed by atoms with Gasteiger partial charge in [0.15, 0.2) is 0 Å². The first kappa shape index (κ1) is 17.5. The maximum absolute atomic E-state index is 12.2. The van der Waals surface area contributed by atoms with Gasteiger partial charge in [0, 0.05) is 13.1 Å². The second kappa shape index (κ2) is 8.67. The maximum atomic E-state index is 12.2. The van der Waals surface area contributed by atoms with E-state index in [-0.39, 0.29) is 11.2 Å². The molecule has 1 amide bonds. The highest BCUT2D eigenvalue weighted by Crippen LogP contribution is 2.20. The molecule has 0 radical (unpaired) electrons. The van der Waals surface area contributed by atoms with Crippen molar-refractivity contribution in [1.82, 2.24) is 25.5 Å². The van der Waals surface area contributed by atoms with Gasteiger partial charge in [-0.3, -0.25) is 4.79 Å². The number of tetrazole rings is 1. The van der Waals surface area contributed by atoms with Gasteiger partial charge in [0.1, 0.15) is 0 Å². The van der Waals surface area contributed by atoms with Gasteiger partial charge in [0.05, 0.1) is 5.25 Å². The van der Waals surface area contributed by atoms with E-state index in [4.69, 9.17) is 0 Å². The van der Waals surface area contributed by atoms with Crippen molar-refractivity contribution in [2.24, 2.45) is 5.92 Å². The highest BCUT2D eigenvalue weighted by Gasteiger charge is 2.18. The second-order valence-corrected chi connectivity index (χ2v) is 7.13. The van der Waals surface area contributed by atoms with E-state index < -0.39 is 0 Å². The first-order valence-electron chi connectivity index (χ1n) is 7.80. The molecular formula is C16H23N5OS. The molecule has 2 aromatic rings. The third-order valence-corrected chi connectivity index (χ3v) is 4.32. The zero-order valence-electron chi connectivity index (χ0n) is 13.8. The van der Waals surface area contributed by atoms with Crippen LogP contribution in [0.2, 0.25) is 0 Å². The van der Waals surface area contributed by atoms with E-state index in [1.165, 1.54) is 17.3 Å². The van der Waals surface area contributed by atoms with Gasteiger partial charge in [-0.05, 0) is 35.3 Å². The number of nitrogens with one attached hydrogen (secondary N) is 1. The molecule has 6 nitrogen and oxygen atoms in total. The summed E-state index contributed by atoms with van der Waals surface area (Å²) in [4.78, 5) is 12.2. The molecule has 23 heavy (non-hydrogen) atoms. The fourth-order valence-corrected chi connectivity index (χ4v) is 2.89. The zero-order valence-corrected chi connectivity index (χ0v) is 14.6. The molecule has 1 aromatic carbocycles. The van der Waals surface area contributed by atoms with Crippen molar-refractivity contribution in [2.45, 2.75) is 44.1 Å². The van der Waals surface area contributed by atoms with Crippen LogP contribution >= 0.6 is 11.8 Å². The highest BCUT2D eigenvalue weighted by molar-refractivity contribution is 8.00. The Hall–Kier alpha value is -1.89. The summed E-state index contributed by atoms with van der Waals surface area (Å²) >= 11 is 1.39. The van der Waals surface area contributed by atoms with Crippen LogP contribution in [0.1, 0.15) is 26.3 Å². The largest absolute Gasteiger partial charge is 0.355 e. The summed E-state index contributed by atoms with van der Waals surface area (Å²) in [6.07, 6.45) is 0.828. The molecule has 0 aliphatic heterocycles. The number of amides is 1. The fourth-order valence-electron chi connectivity index (χ4n) is 2.07. The molecule has 0 aliphatic rings. The zero-order chi connectivity index (χ0) is 16.7. The van der Waals surface area contributed by atoms with E-state index in [1.807, 2.05) is 25.1 Å². The van der Waals surface area contributed by atoms with Crippen LogP contribution in [0.5, 0.6) is 0 Å². The number of nitrogens with zero attached hydrogens (tertiary/aromatic N) is 4. The third kappa shape index (κ3) is 5.67. The molecule has 0 aliphatic carbocycles. The Kier molecular flexibility index (Phi) is 6.58. The quantitative estimate of drug-likeness (QED) is 0.750. The number of hydrogen-bond acceptors (Lipinski definition) is 5. The smallest absolute Gasteiger partial charge is 0.233 e. The Labute approximate surface area is 141 Å². The lowest BCUT2D eigenvalue weighted by atomic mass is 10.1. The average Bonchev–Trinajstić information content (AvgIpc) is 2.94. The molecule has 0 unspecified atom stereocenters. The van der Waals surface area contributed by atoms with Gasteiger partial charge >= 0.3 is 0 Å². The molecule has 124 valence electrons. The number of rotatable bonds is 8. The van der Waals surface area contributed by atoms with E-state index in [9.17, 15) is 4.79 Å². The van der Waals surface area contributed by atoms with E-state index >= 15 is 0 Å². The molecule has 1 atom stereocenters. The molecule has 0 saturated heterocycles. The predicted molar refractivity (Wildman–Crippen MR) is 91.1 cm³/mol. The molecule has 1 heterocycles. The highest BCUT2D eigenvalue weighted by atomic mass is 32.2. The lowest BCUT2D eigenvalue weighted by Crippen LogP contribution is -2.32. The van der Waals surface area contributed by atoms with Crippen LogP contribution < -0.4 is 5.32 Å². The summed E-state index contributed by atoms with van der Waals surface area (Å²) in [5.74, 6) is 0.456. The Balaban J connectivity index is 1.80. The maximum Gasteiger partial charge on any atom is 0.233 e. The van der Waals surface area contributed by atoms with E-state index in [0.717, 1.165) is 13.0 Å². The number of carbonyl (C=O) groups is 1. The average molecular weight is 333 g/mol. The Bertz CT molecular complexity index is 614. The van der Waals surface area contributed by atoms with Crippen LogP contribution in [-0.2, 0) is 17.8 Å². The Morgan fingerprint density at radius 3 is 2.70 bits per heavy atom. The van der Waals surface area contributed by atoms with E-state index in [0.29, 0.717) is 17.6 Å². The van der Waals surface area contributed by atoms with Crippen molar-refractivity contribution < 1.29 is 4.79 Å². The van der Waals surface area contributed by atoms with Crippen LogP contribution in [0.4, 0.5) is 0 Å². The monoisotopic (exact) mass is 333 g/mol. The van der Waals surface area contributed by atoms with Crippen molar-refractivity contribution in [3.05, 3.63) is 35.9 Å². The third-order valence-electron chi connectivity index (χ3n) is 3.24. The van der Waals surface area contributed by atoms with E-state index in [1.54, 1.807) is 4.68 Å². The van der Waals surface area contributed by atoms with Crippen molar-refractivity contribution in [3.8, 4) is 0 Å². The molecule has 1 N–H and O–H groups in total. The summed E-state index contributed by atoms with van der Waals surface area (Å²) in [7, 11) is 0. The van der Waals surface area contributed by atoms with Crippen LogP contribution in [0.3, 0.4) is 0 Å². The molecule has 0 fully saturated rings. The topological polar surface area (TPSA) is 72.7 Å². The first-order chi connectivity index (χ1) is 11.1. The van der Waals surface area contributed by atoms with Crippen molar-refractivity contribution in [1.29, 1.82) is 0 Å².